The molecule has 1 heterocycles. The van der Waals surface area contributed by atoms with Crippen molar-refractivity contribution in [3.8, 4) is 0 Å². The highest BCUT2D eigenvalue weighted by Crippen LogP contribution is 2.29. The highest BCUT2D eigenvalue weighted by atomic mass is 35.5. The molecule has 1 fully saturated rings. The van der Waals surface area contributed by atoms with Crippen LogP contribution in [0, 0.1) is 0 Å². The molecule has 0 unspecified atom stereocenters. The first-order valence-corrected chi connectivity index (χ1v) is 5.20. The molecule has 1 aliphatic rings. The zero-order valence-corrected chi connectivity index (χ0v) is 8.40. The van der Waals surface area contributed by atoms with Crippen LogP contribution >= 0.6 is 11.6 Å². The smallest absolute Gasteiger partial charge is 0.168 e. The van der Waals surface area contributed by atoms with Gasteiger partial charge in [0.1, 0.15) is 0 Å². The van der Waals surface area contributed by atoms with E-state index in [0.717, 1.165) is 38.9 Å². The van der Waals surface area contributed by atoms with Crippen molar-refractivity contribution in [2.24, 2.45) is 0 Å². The first-order valence-electron chi connectivity index (χ1n) is 4.67. The largest absolute Gasteiger partial charge is 0.348 e. The van der Waals surface area contributed by atoms with Crippen molar-refractivity contribution in [1.82, 2.24) is 0 Å². The van der Waals surface area contributed by atoms with E-state index < -0.39 is 0 Å². The summed E-state index contributed by atoms with van der Waals surface area (Å²) in [6.45, 7) is 3.62. The second-order valence-corrected chi connectivity index (χ2v) is 3.53. The predicted octanol–water partition coefficient (Wildman–Crippen LogP) is 2.55. The molecule has 0 saturated carbocycles. The van der Waals surface area contributed by atoms with Gasteiger partial charge in [0.15, 0.2) is 5.79 Å². The van der Waals surface area contributed by atoms with E-state index in [1.807, 2.05) is 0 Å². The van der Waals surface area contributed by atoms with Crippen molar-refractivity contribution >= 4 is 11.6 Å². The van der Waals surface area contributed by atoms with E-state index in [1.54, 1.807) is 0 Å². The van der Waals surface area contributed by atoms with Crippen molar-refractivity contribution in [3.05, 3.63) is 0 Å². The second kappa shape index (κ2) is 5.05. The van der Waals surface area contributed by atoms with Crippen LogP contribution in [-0.2, 0) is 9.47 Å². The maximum Gasteiger partial charge on any atom is 0.168 e. The lowest BCUT2D eigenvalue weighted by molar-refractivity contribution is -0.166. The zero-order chi connectivity index (χ0) is 8.86. The van der Waals surface area contributed by atoms with Gasteiger partial charge in [-0.25, -0.2) is 0 Å². The highest BCUT2D eigenvalue weighted by molar-refractivity contribution is 6.17. The lowest BCUT2D eigenvalue weighted by Gasteiger charge is -2.26. The standard InChI is InChI=1S/C9H17ClO2/c1-2-4-9(5-3-6-10)11-7-8-12-9/h2-8H2,1H3. The Labute approximate surface area is 79.2 Å². The molecule has 0 bridgehead atoms. The first kappa shape index (κ1) is 10.3. The molecule has 1 aliphatic heterocycles. The van der Waals surface area contributed by atoms with Crippen molar-refractivity contribution in [3.63, 3.8) is 0 Å². The van der Waals surface area contributed by atoms with Crippen molar-refractivity contribution in [1.29, 1.82) is 0 Å². The Morgan fingerprint density at radius 2 is 1.92 bits per heavy atom. The summed E-state index contributed by atoms with van der Waals surface area (Å²) in [5, 5.41) is 0. The molecule has 0 atom stereocenters. The zero-order valence-electron chi connectivity index (χ0n) is 7.64. The summed E-state index contributed by atoms with van der Waals surface area (Å²) in [5.41, 5.74) is 0. The van der Waals surface area contributed by atoms with E-state index in [1.165, 1.54) is 0 Å². The molecule has 0 N–H and O–H groups in total. The van der Waals surface area contributed by atoms with E-state index >= 15 is 0 Å². The molecule has 2 nitrogen and oxygen atoms in total. The quantitative estimate of drug-likeness (QED) is 0.624. The molecule has 72 valence electrons. The summed E-state index contributed by atoms with van der Waals surface area (Å²) < 4.78 is 11.2. The Kier molecular flexibility index (Phi) is 4.33. The lowest BCUT2D eigenvalue weighted by Crippen LogP contribution is -2.29. The Balaban J connectivity index is 2.35. The number of hydrogen-bond acceptors (Lipinski definition) is 2. The van der Waals surface area contributed by atoms with Gasteiger partial charge in [-0.15, -0.1) is 11.6 Å². The third kappa shape index (κ3) is 2.61. The minimum Gasteiger partial charge on any atom is -0.348 e. The van der Waals surface area contributed by atoms with Gasteiger partial charge < -0.3 is 9.47 Å². The molecule has 0 aromatic heterocycles. The van der Waals surface area contributed by atoms with Crippen molar-refractivity contribution in [2.75, 3.05) is 19.1 Å². The third-order valence-corrected chi connectivity index (χ3v) is 2.40. The van der Waals surface area contributed by atoms with Gasteiger partial charge in [-0.2, -0.15) is 0 Å². The van der Waals surface area contributed by atoms with Crippen LogP contribution in [0.5, 0.6) is 0 Å². The number of halogens is 1. The van der Waals surface area contributed by atoms with Gasteiger partial charge in [0, 0.05) is 18.7 Å². The first-order chi connectivity index (χ1) is 5.83. The van der Waals surface area contributed by atoms with Gasteiger partial charge in [-0.05, 0) is 6.42 Å². The SMILES string of the molecule is CCCC1(CCCCl)OCCO1. The average Bonchev–Trinajstić information content (AvgIpc) is 2.51. The summed E-state index contributed by atoms with van der Waals surface area (Å²) in [4.78, 5) is 0. The van der Waals surface area contributed by atoms with E-state index in [9.17, 15) is 0 Å². The fourth-order valence-corrected chi connectivity index (χ4v) is 1.76. The number of ether oxygens (including phenoxy) is 2. The highest BCUT2D eigenvalue weighted by Gasteiger charge is 2.34. The van der Waals surface area contributed by atoms with Crippen LogP contribution in [0.1, 0.15) is 32.6 Å². The molecule has 0 spiro atoms. The number of alkyl halides is 1. The monoisotopic (exact) mass is 192 g/mol. The minimum absolute atomic E-state index is 0.288. The van der Waals surface area contributed by atoms with Gasteiger partial charge in [0.25, 0.3) is 0 Å². The number of rotatable bonds is 5. The van der Waals surface area contributed by atoms with Crippen LogP contribution in [0.2, 0.25) is 0 Å². The molecular weight excluding hydrogens is 176 g/mol. The fraction of sp³-hybridized carbons (Fsp3) is 1.00. The normalized spacial score (nSPS) is 21.5. The molecule has 3 heteroatoms. The van der Waals surface area contributed by atoms with E-state index in [2.05, 4.69) is 6.92 Å². The molecule has 0 aromatic carbocycles. The van der Waals surface area contributed by atoms with Crippen LogP contribution in [-0.4, -0.2) is 24.9 Å². The van der Waals surface area contributed by atoms with Gasteiger partial charge in [-0.3, -0.25) is 0 Å². The molecule has 1 saturated heterocycles. The van der Waals surface area contributed by atoms with Crippen LogP contribution in [0.25, 0.3) is 0 Å². The van der Waals surface area contributed by atoms with Crippen LogP contribution in [0.3, 0.4) is 0 Å². The topological polar surface area (TPSA) is 18.5 Å². The summed E-state index contributed by atoms with van der Waals surface area (Å²) in [6.07, 6.45) is 4.00. The van der Waals surface area contributed by atoms with Crippen LogP contribution in [0.15, 0.2) is 0 Å². The minimum atomic E-state index is -0.288. The summed E-state index contributed by atoms with van der Waals surface area (Å²) in [5.74, 6) is 0.405. The number of hydrogen-bond donors (Lipinski definition) is 0. The summed E-state index contributed by atoms with van der Waals surface area (Å²) >= 11 is 5.63. The second-order valence-electron chi connectivity index (χ2n) is 3.15. The van der Waals surface area contributed by atoms with Crippen molar-refractivity contribution in [2.45, 2.75) is 38.4 Å². The molecule has 12 heavy (non-hydrogen) atoms. The molecule has 0 amide bonds. The van der Waals surface area contributed by atoms with Crippen LogP contribution < -0.4 is 0 Å². The molecular formula is C9H17ClO2. The Bertz CT molecular complexity index is 122. The van der Waals surface area contributed by atoms with Gasteiger partial charge in [0.2, 0.25) is 0 Å². The van der Waals surface area contributed by atoms with Gasteiger partial charge in [0.05, 0.1) is 13.2 Å². The van der Waals surface area contributed by atoms with E-state index in [4.69, 9.17) is 21.1 Å². The maximum atomic E-state index is 5.63. The maximum absolute atomic E-state index is 5.63. The average molecular weight is 193 g/mol. The van der Waals surface area contributed by atoms with Crippen LogP contribution in [0.4, 0.5) is 0 Å². The molecule has 0 aliphatic carbocycles. The van der Waals surface area contributed by atoms with Gasteiger partial charge >= 0.3 is 0 Å². The van der Waals surface area contributed by atoms with E-state index in [0.29, 0.717) is 5.88 Å². The summed E-state index contributed by atoms with van der Waals surface area (Å²) in [7, 11) is 0. The lowest BCUT2D eigenvalue weighted by atomic mass is 10.1. The Morgan fingerprint density at radius 1 is 1.25 bits per heavy atom. The predicted molar refractivity (Wildman–Crippen MR) is 49.5 cm³/mol. The fourth-order valence-electron chi connectivity index (χ4n) is 1.63. The van der Waals surface area contributed by atoms with Crippen molar-refractivity contribution < 1.29 is 9.47 Å². The molecule has 1 rings (SSSR count). The Morgan fingerprint density at radius 3 is 2.42 bits per heavy atom. The summed E-state index contributed by atoms with van der Waals surface area (Å²) in [6, 6.07) is 0. The van der Waals surface area contributed by atoms with E-state index in [-0.39, 0.29) is 5.79 Å². The molecule has 0 aromatic rings. The van der Waals surface area contributed by atoms with Gasteiger partial charge in [-0.1, -0.05) is 13.3 Å². The molecule has 0 radical (unpaired) electrons. The third-order valence-electron chi connectivity index (χ3n) is 2.14. The Hall–Kier alpha value is 0.210.